The van der Waals surface area contributed by atoms with Crippen molar-refractivity contribution in [2.24, 2.45) is 0 Å². The highest BCUT2D eigenvalue weighted by Crippen LogP contribution is 2.30. The minimum atomic E-state index is -0.235. The number of hydrogen-bond acceptors (Lipinski definition) is 7. The molecule has 0 spiro atoms. The molecule has 2 N–H and O–H groups in total. The van der Waals surface area contributed by atoms with Crippen molar-refractivity contribution < 1.29 is 14.3 Å². The molecule has 39 heavy (non-hydrogen) atoms. The van der Waals surface area contributed by atoms with Crippen LogP contribution < -0.4 is 15.5 Å². The molecule has 0 saturated carbocycles. The van der Waals surface area contributed by atoms with Gasteiger partial charge in [-0.3, -0.25) is 4.79 Å². The average molecular weight is 522 g/mol. The molecule has 2 fully saturated rings. The largest absolute Gasteiger partial charge is 0.378 e. The highest BCUT2D eigenvalue weighted by Gasteiger charge is 2.48. The molecule has 8 heteroatoms. The van der Waals surface area contributed by atoms with Gasteiger partial charge < -0.3 is 25.0 Å². The number of fused-ring (bicyclic) bond motifs is 1. The van der Waals surface area contributed by atoms with Crippen molar-refractivity contribution in [1.29, 1.82) is 0 Å². The number of hydrogen-bond donors (Lipinski definition) is 2. The molecule has 1 aromatic heterocycles. The van der Waals surface area contributed by atoms with Crippen LogP contribution in [0.4, 0.5) is 11.6 Å². The molecular formula is C31H31N5O3. The van der Waals surface area contributed by atoms with Crippen LogP contribution in [0.25, 0.3) is 22.4 Å². The molecule has 4 aromatic rings. The van der Waals surface area contributed by atoms with Crippen molar-refractivity contribution in [3.63, 3.8) is 0 Å². The van der Waals surface area contributed by atoms with Crippen LogP contribution in [0, 0.1) is 0 Å². The number of benzene rings is 3. The summed E-state index contributed by atoms with van der Waals surface area (Å²) < 4.78 is 12.1. The quantitative estimate of drug-likeness (QED) is 0.376. The van der Waals surface area contributed by atoms with Gasteiger partial charge >= 0.3 is 0 Å². The highest BCUT2D eigenvalue weighted by molar-refractivity contribution is 5.94. The van der Waals surface area contributed by atoms with Gasteiger partial charge in [-0.2, -0.15) is 0 Å². The summed E-state index contributed by atoms with van der Waals surface area (Å²) in [7, 11) is 3.94. The van der Waals surface area contributed by atoms with Crippen LogP contribution in [0.5, 0.6) is 0 Å². The van der Waals surface area contributed by atoms with Crippen molar-refractivity contribution in [2.45, 2.75) is 24.3 Å². The van der Waals surface area contributed by atoms with Gasteiger partial charge in [0.1, 0.15) is 12.2 Å². The molecule has 1 amide bonds. The summed E-state index contributed by atoms with van der Waals surface area (Å²) in [5.74, 6) is 0.384. The predicted molar refractivity (Wildman–Crippen MR) is 152 cm³/mol. The van der Waals surface area contributed by atoms with Crippen molar-refractivity contribution in [2.75, 3.05) is 37.5 Å². The van der Waals surface area contributed by atoms with Gasteiger partial charge in [0.2, 0.25) is 5.95 Å². The topological polar surface area (TPSA) is 88.6 Å². The third kappa shape index (κ3) is 5.34. The van der Waals surface area contributed by atoms with Gasteiger partial charge in [-0.15, -0.1) is 0 Å². The number of carbonyl (C=O) groups excluding carboxylic acids is 1. The molecule has 198 valence electrons. The number of rotatable bonds is 7. The number of nitrogens with zero attached hydrogens (tertiary/aromatic N) is 3. The zero-order chi connectivity index (χ0) is 26.8. The summed E-state index contributed by atoms with van der Waals surface area (Å²) in [4.78, 5) is 24.0. The third-order valence-corrected chi connectivity index (χ3v) is 7.27. The standard InChI is InChI=1S/C31H31N5O3/c1-36(2)24-14-12-23(13-15-24)30(37)33-26-18-38-29-27(19-39-28(26)29)35-31-32-17-16-25(34-31)22-10-8-21(9-11-22)20-6-4-3-5-7-20/h3-17,26-29H,18-19H2,1-2H3,(H,33,37)(H,32,34,35). The molecule has 6 rings (SSSR count). The molecule has 8 nitrogen and oxygen atoms in total. The fourth-order valence-electron chi connectivity index (χ4n) is 5.13. The number of anilines is 2. The second-order valence-electron chi connectivity index (χ2n) is 10.1. The Morgan fingerprint density at radius 2 is 1.44 bits per heavy atom. The lowest BCUT2D eigenvalue weighted by atomic mass is 10.0. The van der Waals surface area contributed by atoms with E-state index in [2.05, 4.69) is 52.0 Å². The van der Waals surface area contributed by atoms with Crippen LogP contribution in [-0.2, 0) is 9.47 Å². The molecular weight excluding hydrogens is 490 g/mol. The number of ether oxygens (including phenoxy) is 2. The monoisotopic (exact) mass is 521 g/mol. The van der Waals surface area contributed by atoms with Gasteiger partial charge in [0.05, 0.1) is 31.0 Å². The lowest BCUT2D eigenvalue weighted by Crippen LogP contribution is -2.44. The number of amides is 1. The first-order valence-electron chi connectivity index (χ1n) is 13.1. The van der Waals surface area contributed by atoms with Crippen molar-refractivity contribution >= 4 is 17.5 Å². The minimum Gasteiger partial charge on any atom is -0.378 e. The van der Waals surface area contributed by atoms with Crippen LogP contribution >= 0.6 is 0 Å². The van der Waals surface area contributed by atoms with Gasteiger partial charge in [-0.1, -0.05) is 54.6 Å². The van der Waals surface area contributed by atoms with E-state index in [9.17, 15) is 4.79 Å². The molecule has 4 atom stereocenters. The second-order valence-corrected chi connectivity index (χ2v) is 10.1. The van der Waals surface area contributed by atoms with Gasteiger partial charge in [-0.25, -0.2) is 9.97 Å². The maximum absolute atomic E-state index is 12.8. The lowest BCUT2D eigenvalue weighted by Gasteiger charge is -2.19. The summed E-state index contributed by atoms with van der Waals surface area (Å²) in [6.07, 6.45) is 1.31. The number of nitrogens with one attached hydrogen (secondary N) is 2. The van der Waals surface area contributed by atoms with Crippen molar-refractivity contribution in [3.05, 3.63) is 96.7 Å². The first-order chi connectivity index (χ1) is 19.0. The molecule has 2 saturated heterocycles. The van der Waals surface area contributed by atoms with Crippen molar-refractivity contribution in [3.8, 4) is 22.4 Å². The Balaban J connectivity index is 1.08. The van der Waals surface area contributed by atoms with E-state index in [1.165, 1.54) is 5.56 Å². The van der Waals surface area contributed by atoms with E-state index < -0.39 is 0 Å². The second kappa shape index (κ2) is 10.8. The van der Waals surface area contributed by atoms with Crippen LogP contribution in [0.15, 0.2) is 91.1 Å². The highest BCUT2D eigenvalue weighted by atomic mass is 16.6. The predicted octanol–water partition coefficient (Wildman–Crippen LogP) is 4.25. The van der Waals surface area contributed by atoms with E-state index in [1.54, 1.807) is 6.20 Å². The molecule has 3 aromatic carbocycles. The molecule has 2 aliphatic heterocycles. The fourth-order valence-corrected chi connectivity index (χ4v) is 5.13. The van der Waals surface area contributed by atoms with Crippen LogP contribution in [-0.4, -0.2) is 67.5 Å². The summed E-state index contributed by atoms with van der Waals surface area (Å²) in [6.45, 7) is 0.836. The van der Waals surface area contributed by atoms with E-state index in [0.29, 0.717) is 24.7 Å². The van der Waals surface area contributed by atoms with Gasteiger partial charge in [-0.05, 0) is 41.5 Å². The van der Waals surface area contributed by atoms with Gasteiger partial charge in [0.15, 0.2) is 0 Å². The Morgan fingerprint density at radius 3 is 2.15 bits per heavy atom. The Kier molecular flexibility index (Phi) is 6.96. The van der Waals surface area contributed by atoms with E-state index in [-0.39, 0.29) is 30.2 Å². The minimum absolute atomic E-state index is 0.119. The SMILES string of the molecule is CN(C)c1ccc(C(=O)NC2COC3C(Nc4nccc(-c5ccc(-c6ccccc6)cc5)n4)COC23)cc1. The summed E-state index contributed by atoms with van der Waals surface area (Å²) in [5, 5.41) is 6.48. The number of carbonyl (C=O) groups is 1. The molecule has 0 radical (unpaired) electrons. The smallest absolute Gasteiger partial charge is 0.251 e. The summed E-state index contributed by atoms with van der Waals surface area (Å²) >= 11 is 0. The Bertz CT molecular complexity index is 1430. The maximum atomic E-state index is 12.8. The van der Waals surface area contributed by atoms with E-state index in [0.717, 1.165) is 22.5 Å². The first-order valence-corrected chi connectivity index (χ1v) is 13.1. The third-order valence-electron chi connectivity index (χ3n) is 7.27. The fraction of sp³-hybridized carbons (Fsp3) is 0.258. The molecule has 0 aliphatic carbocycles. The van der Waals surface area contributed by atoms with E-state index in [1.807, 2.05) is 67.5 Å². The average Bonchev–Trinajstić information content (AvgIpc) is 3.57. The maximum Gasteiger partial charge on any atom is 0.251 e. The lowest BCUT2D eigenvalue weighted by molar-refractivity contribution is 0.0652. The summed E-state index contributed by atoms with van der Waals surface area (Å²) in [6, 6.07) is 27.7. The molecule has 2 aliphatic rings. The number of aromatic nitrogens is 2. The van der Waals surface area contributed by atoms with Gasteiger partial charge in [0, 0.05) is 37.1 Å². The van der Waals surface area contributed by atoms with Crippen LogP contribution in [0.2, 0.25) is 0 Å². The Hall–Kier alpha value is -4.27. The Labute approximate surface area is 228 Å². The molecule has 4 unspecified atom stereocenters. The zero-order valence-corrected chi connectivity index (χ0v) is 22.0. The van der Waals surface area contributed by atoms with E-state index >= 15 is 0 Å². The van der Waals surface area contributed by atoms with E-state index in [4.69, 9.17) is 14.5 Å². The Morgan fingerprint density at radius 1 is 0.795 bits per heavy atom. The van der Waals surface area contributed by atoms with Crippen molar-refractivity contribution in [1.82, 2.24) is 15.3 Å². The van der Waals surface area contributed by atoms with Gasteiger partial charge in [0.25, 0.3) is 5.91 Å². The first kappa shape index (κ1) is 25.0. The molecule has 0 bridgehead atoms. The molecule has 3 heterocycles. The summed E-state index contributed by atoms with van der Waals surface area (Å²) in [5.41, 5.74) is 5.84. The van der Waals surface area contributed by atoms with Crippen LogP contribution in [0.1, 0.15) is 10.4 Å². The van der Waals surface area contributed by atoms with Crippen LogP contribution in [0.3, 0.4) is 0 Å². The normalized spacial score (nSPS) is 21.8. The zero-order valence-electron chi connectivity index (χ0n) is 22.0.